The van der Waals surface area contributed by atoms with E-state index in [-0.39, 0.29) is 32.0 Å². The van der Waals surface area contributed by atoms with E-state index in [0.29, 0.717) is 18.0 Å². The lowest BCUT2D eigenvalue weighted by Crippen LogP contribution is -2.34. The smallest absolute Gasteiger partial charge is 0.307 e. The summed E-state index contributed by atoms with van der Waals surface area (Å²) in [5.74, 6) is 2.15. The predicted octanol–water partition coefficient (Wildman–Crippen LogP) is 3.06. The number of carboxylic acid groups (broad SMARTS) is 1. The van der Waals surface area contributed by atoms with Gasteiger partial charge in [-0.3, -0.25) is 9.69 Å². The summed E-state index contributed by atoms with van der Waals surface area (Å²) in [6.45, 7) is 3.26. The molecular weight excluding hydrogens is 362 g/mol. The fraction of sp³-hybridized carbons (Fsp3) is 0.381. The van der Waals surface area contributed by atoms with Gasteiger partial charge in [0.2, 0.25) is 13.6 Å². The van der Waals surface area contributed by atoms with Gasteiger partial charge in [-0.25, -0.2) is 0 Å². The van der Waals surface area contributed by atoms with E-state index < -0.39 is 5.97 Å². The zero-order chi connectivity index (χ0) is 19.4. The summed E-state index contributed by atoms with van der Waals surface area (Å²) in [5.41, 5.74) is 4.06. The average molecular weight is 383 g/mol. The number of ether oxygens (including phenoxy) is 4. The minimum absolute atomic E-state index is 0.0109. The molecule has 0 amide bonds. The Kier molecular flexibility index (Phi) is 3.87. The summed E-state index contributed by atoms with van der Waals surface area (Å²) in [5, 5.41) is 9.42. The molecule has 28 heavy (non-hydrogen) atoms. The topological polar surface area (TPSA) is 77.5 Å². The molecule has 3 heterocycles. The van der Waals surface area contributed by atoms with E-state index in [0.717, 1.165) is 28.2 Å². The van der Waals surface area contributed by atoms with Crippen LogP contribution in [-0.4, -0.2) is 36.6 Å². The van der Waals surface area contributed by atoms with Crippen LogP contribution >= 0.6 is 0 Å². The van der Waals surface area contributed by atoms with Gasteiger partial charge in [0.15, 0.2) is 23.0 Å². The summed E-state index contributed by atoms with van der Waals surface area (Å²) in [7, 11) is 2.05. The molecule has 3 aliphatic rings. The van der Waals surface area contributed by atoms with Crippen LogP contribution < -0.4 is 18.9 Å². The van der Waals surface area contributed by atoms with Gasteiger partial charge in [-0.1, -0.05) is 13.0 Å². The normalized spacial score (nSPS) is 22.2. The fourth-order valence-corrected chi connectivity index (χ4v) is 4.63. The lowest BCUT2D eigenvalue weighted by atomic mass is 9.79. The molecule has 0 saturated carbocycles. The summed E-state index contributed by atoms with van der Waals surface area (Å²) < 4.78 is 22.3. The number of aliphatic carboxylic acids is 1. The summed E-state index contributed by atoms with van der Waals surface area (Å²) >= 11 is 0. The van der Waals surface area contributed by atoms with Crippen molar-refractivity contribution >= 4 is 5.97 Å². The molecule has 146 valence electrons. The van der Waals surface area contributed by atoms with Gasteiger partial charge < -0.3 is 24.1 Å². The molecule has 0 bridgehead atoms. The predicted molar refractivity (Wildman–Crippen MR) is 99.1 cm³/mol. The first-order chi connectivity index (χ1) is 13.5. The molecule has 0 aromatic heterocycles. The molecule has 5 rings (SSSR count). The number of carboxylic acids is 1. The third-order valence-electron chi connectivity index (χ3n) is 5.82. The van der Waals surface area contributed by atoms with E-state index in [1.807, 2.05) is 18.2 Å². The molecule has 0 aliphatic carbocycles. The van der Waals surface area contributed by atoms with Crippen molar-refractivity contribution in [2.75, 3.05) is 20.6 Å². The number of carbonyl (C=O) groups is 1. The Balaban J connectivity index is 1.61. The second kappa shape index (κ2) is 6.31. The van der Waals surface area contributed by atoms with Crippen molar-refractivity contribution in [3.05, 3.63) is 46.5 Å². The van der Waals surface area contributed by atoms with Gasteiger partial charge >= 0.3 is 5.97 Å². The molecular formula is C21H21NO6. The molecule has 2 aromatic rings. The Hall–Kier alpha value is -2.93. The molecule has 0 saturated heterocycles. The maximum Gasteiger partial charge on any atom is 0.307 e. The summed E-state index contributed by atoms with van der Waals surface area (Å²) in [6.07, 6.45) is -0.0585. The highest BCUT2D eigenvalue weighted by Gasteiger charge is 2.37. The van der Waals surface area contributed by atoms with Gasteiger partial charge in [-0.2, -0.15) is 0 Å². The quantitative estimate of drug-likeness (QED) is 0.873. The third-order valence-corrected chi connectivity index (χ3v) is 5.82. The van der Waals surface area contributed by atoms with Crippen molar-refractivity contribution in [3.63, 3.8) is 0 Å². The first-order valence-corrected chi connectivity index (χ1v) is 9.28. The third kappa shape index (κ3) is 2.57. The Morgan fingerprint density at radius 1 is 1.07 bits per heavy atom. The zero-order valence-corrected chi connectivity index (χ0v) is 15.7. The Morgan fingerprint density at radius 2 is 1.79 bits per heavy atom. The van der Waals surface area contributed by atoms with Crippen LogP contribution in [0.5, 0.6) is 23.0 Å². The number of benzene rings is 2. The monoisotopic (exact) mass is 383 g/mol. The molecule has 2 unspecified atom stereocenters. The number of likely N-dealkylation sites (N-methyl/N-ethyl adjacent to an activating group) is 1. The highest BCUT2D eigenvalue weighted by atomic mass is 16.7. The Labute approximate surface area is 162 Å². The molecule has 0 spiro atoms. The molecule has 1 N–H and O–H groups in total. The summed E-state index contributed by atoms with van der Waals surface area (Å²) in [6, 6.07) is 7.81. The maximum atomic E-state index is 11.5. The summed E-state index contributed by atoms with van der Waals surface area (Å²) in [4.78, 5) is 13.7. The van der Waals surface area contributed by atoms with Crippen molar-refractivity contribution < 1.29 is 28.8 Å². The first kappa shape index (κ1) is 17.2. The number of hydrogen-bond acceptors (Lipinski definition) is 6. The lowest BCUT2D eigenvalue weighted by molar-refractivity contribution is -0.136. The molecule has 2 aromatic carbocycles. The van der Waals surface area contributed by atoms with Gasteiger partial charge in [0, 0.05) is 24.1 Å². The Morgan fingerprint density at radius 3 is 2.57 bits per heavy atom. The highest BCUT2D eigenvalue weighted by Crippen LogP contribution is 2.50. The van der Waals surface area contributed by atoms with E-state index in [1.54, 1.807) is 0 Å². The van der Waals surface area contributed by atoms with E-state index in [1.165, 1.54) is 5.56 Å². The van der Waals surface area contributed by atoms with Crippen LogP contribution in [0.1, 0.15) is 41.1 Å². The Bertz CT molecular complexity index is 972. The van der Waals surface area contributed by atoms with Crippen LogP contribution in [0.3, 0.4) is 0 Å². The van der Waals surface area contributed by atoms with Gasteiger partial charge in [0.25, 0.3) is 0 Å². The minimum Gasteiger partial charge on any atom is -0.481 e. The largest absolute Gasteiger partial charge is 0.481 e. The number of rotatable bonds is 3. The van der Waals surface area contributed by atoms with Gasteiger partial charge in [0.05, 0.1) is 6.42 Å². The van der Waals surface area contributed by atoms with Crippen molar-refractivity contribution in [1.29, 1.82) is 0 Å². The highest BCUT2D eigenvalue weighted by molar-refractivity contribution is 5.72. The lowest BCUT2D eigenvalue weighted by Gasteiger charge is -2.40. The van der Waals surface area contributed by atoms with Gasteiger partial charge in [-0.05, 0) is 41.9 Å². The van der Waals surface area contributed by atoms with Crippen LogP contribution in [0.25, 0.3) is 0 Å². The molecule has 2 atom stereocenters. The van der Waals surface area contributed by atoms with E-state index in [9.17, 15) is 9.90 Å². The van der Waals surface area contributed by atoms with E-state index >= 15 is 0 Å². The van der Waals surface area contributed by atoms with Crippen LogP contribution in [0.2, 0.25) is 0 Å². The maximum absolute atomic E-state index is 11.5. The van der Waals surface area contributed by atoms with Crippen molar-refractivity contribution in [3.8, 4) is 23.0 Å². The molecule has 7 heteroatoms. The number of hydrogen-bond donors (Lipinski definition) is 1. The van der Waals surface area contributed by atoms with Crippen LogP contribution in [-0.2, 0) is 17.8 Å². The zero-order valence-electron chi connectivity index (χ0n) is 15.7. The molecule has 0 fully saturated rings. The van der Waals surface area contributed by atoms with E-state index in [2.05, 4.69) is 24.9 Å². The standard InChI is InChI=1S/C21H21NO6/c1-11-13-3-4-16-21(28-10-25-16)15(13)8-22(2)20(11)14-7-18-17(26-9-27-18)5-12(14)6-19(23)24/h3-5,7,11,20H,6,8-10H2,1-2H3,(H,23,24). The van der Waals surface area contributed by atoms with Crippen LogP contribution in [0.15, 0.2) is 24.3 Å². The second-order valence-electron chi connectivity index (χ2n) is 7.49. The van der Waals surface area contributed by atoms with Gasteiger partial charge in [-0.15, -0.1) is 0 Å². The van der Waals surface area contributed by atoms with Crippen LogP contribution in [0, 0.1) is 0 Å². The van der Waals surface area contributed by atoms with Crippen molar-refractivity contribution in [2.45, 2.75) is 31.8 Å². The number of fused-ring (bicyclic) bond motifs is 4. The van der Waals surface area contributed by atoms with Crippen molar-refractivity contribution in [2.24, 2.45) is 0 Å². The molecule has 0 radical (unpaired) electrons. The second-order valence-corrected chi connectivity index (χ2v) is 7.49. The SMILES string of the molecule is CC1c2ccc3c(c2CN(C)C1c1cc2c(cc1CC(=O)O)OCO2)OCO3. The van der Waals surface area contributed by atoms with E-state index in [4.69, 9.17) is 18.9 Å². The molecule has 7 nitrogen and oxygen atoms in total. The first-order valence-electron chi connectivity index (χ1n) is 9.28. The van der Waals surface area contributed by atoms with Gasteiger partial charge in [0.1, 0.15) is 0 Å². The number of nitrogens with zero attached hydrogens (tertiary/aromatic N) is 1. The minimum atomic E-state index is -0.866. The van der Waals surface area contributed by atoms with Crippen molar-refractivity contribution in [1.82, 2.24) is 4.90 Å². The molecule has 3 aliphatic heterocycles. The fourth-order valence-electron chi connectivity index (χ4n) is 4.63. The van der Waals surface area contributed by atoms with Crippen LogP contribution in [0.4, 0.5) is 0 Å². The average Bonchev–Trinajstić information content (AvgIpc) is 3.29.